The summed E-state index contributed by atoms with van der Waals surface area (Å²) in [7, 11) is 0. The molecule has 0 saturated carbocycles. The van der Waals surface area contributed by atoms with Crippen LogP contribution in [0.3, 0.4) is 0 Å². The van der Waals surface area contributed by atoms with E-state index >= 15 is 0 Å². The first kappa shape index (κ1) is 18.3. The highest BCUT2D eigenvalue weighted by Gasteiger charge is 2.55. The molecule has 2 aromatic heterocycles. The van der Waals surface area contributed by atoms with Crippen LogP contribution < -0.4 is 5.73 Å². The number of terminal acetylenes is 1. The number of hydrogen-bond acceptors (Lipinski definition) is 9. The summed E-state index contributed by atoms with van der Waals surface area (Å²) < 4.78 is 11.8. The van der Waals surface area contributed by atoms with Crippen molar-refractivity contribution in [3.05, 3.63) is 11.6 Å². The van der Waals surface area contributed by atoms with Gasteiger partial charge in [-0.2, -0.15) is 9.97 Å². The van der Waals surface area contributed by atoms with Gasteiger partial charge in [-0.3, -0.25) is 4.57 Å². The Morgan fingerprint density at radius 1 is 1.58 bits per heavy atom. The minimum Gasteiger partial charge on any atom is -0.480 e. The highest BCUT2D eigenvalue weighted by Crippen LogP contribution is 2.38. The Bertz CT molecular complexity index is 898. The zero-order chi connectivity index (χ0) is 19.1. The van der Waals surface area contributed by atoms with Crippen LogP contribution in [-0.4, -0.2) is 71.8 Å². The fourth-order valence-electron chi connectivity index (χ4n) is 2.67. The van der Waals surface area contributed by atoms with Crippen LogP contribution in [0.5, 0.6) is 0 Å². The maximum Gasteiger partial charge on any atom is 0.329 e. The second-order valence-electron chi connectivity index (χ2n) is 5.54. The molecule has 12 heteroatoms. The van der Waals surface area contributed by atoms with Crippen LogP contribution in [0.1, 0.15) is 6.23 Å². The molecule has 1 saturated heterocycles. The number of rotatable bonds is 5. The molecule has 4 atom stereocenters. The Morgan fingerprint density at radius 3 is 2.96 bits per heavy atom. The first-order chi connectivity index (χ1) is 12.3. The van der Waals surface area contributed by atoms with Gasteiger partial charge in [0.25, 0.3) is 0 Å². The van der Waals surface area contributed by atoms with Crippen LogP contribution >= 0.6 is 11.6 Å². The van der Waals surface area contributed by atoms with E-state index in [4.69, 9.17) is 38.3 Å². The monoisotopic (exact) mass is 383 g/mol. The SMILES string of the molecule is C#C[C@@]1(O)[C@@H](COCC(=O)O)O[C@@H](n2cnc3c(N)nc(Cl)nc32)[C@@H]1O. The van der Waals surface area contributed by atoms with Gasteiger partial charge in [-0.05, 0) is 11.6 Å². The number of nitrogen functional groups attached to an aromatic ring is 1. The summed E-state index contributed by atoms with van der Waals surface area (Å²) in [5.41, 5.74) is 4.00. The lowest BCUT2D eigenvalue weighted by Gasteiger charge is -2.24. The summed E-state index contributed by atoms with van der Waals surface area (Å²) >= 11 is 5.80. The van der Waals surface area contributed by atoms with Gasteiger partial charge in [0, 0.05) is 0 Å². The number of fused-ring (bicyclic) bond motifs is 1. The molecule has 138 valence electrons. The summed E-state index contributed by atoms with van der Waals surface area (Å²) in [6.07, 6.45) is 2.66. The molecule has 0 bridgehead atoms. The normalized spacial score (nSPS) is 28.3. The molecule has 1 aliphatic rings. The van der Waals surface area contributed by atoms with Crippen LogP contribution in [0.2, 0.25) is 5.28 Å². The first-order valence-corrected chi connectivity index (χ1v) is 7.64. The molecule has 5 N–H and O–H groups in total. The van der Waals surface area contributed by atoms with Gasteiger partial charge >= 0.3 is 5.97 Å². The maximum absolute atomic E-state index is 10.6. The third-order valence-corrected chi connectivity index (χ3v) is 4.11. The van der Waals surface area contributed by atoms with Crippen molar-refractivity contribution in [2.75, 3.05) is 18.9 Å². The smallest absolute Gasteiger partial charge is 0.329 e. The average Bonchev–Trinajstić information content (AvgIpc) is 3.09. The molecule has 3 rings (SSSR count). The van der Waals surface area contributed by atoms with Crippen molar-refractivity contribution in [3.8, 4) is 12.3 Å². The molecule has 0 aliphatic carbocycles. The third-order valence-electron chi connectivity index (χ3n) is 3.94. The number of ether oxygens (including phenoxy) is 2. The van der Waals surface area contributed by atoms with Crippen molar-refractivity contribution in [2.45, 2.75) is 24.0 Å². The van der Waals surface area contributed by atoms with Gasteiger partial charge in [-0.1, -0.05) is 5.92 Å². The van der Waals surface area contributed by atoms with Crippen molar-refractivity contribution in [1.82, 2.24) is 19.5 Å². The average molecular weight is 384 g/mol. The molecule has 26 heavy (non-hydrogen) atoms. The number of aliphatic hydroxyl groups is 2. The number of imidazole rings is 1. The number of anilines is 1. The van der Waals surface area contributed by atoms with Crippen LogP contribution in [0.4, 0.5) is 5.82 Å². The van der Waals surface area contributed by atoms with E-state index in [1.807, 2.05) is 0 Å². The summed E-state index contributed by atoms with van der Waals surface area (Å²) in [6.45, 7) is -0.973. The number of nitrogens with zero attached hydrogens (tertiary/aromatic N) is 4. The quantitative estimate of drug-likeness (QED) is 0.363. The lowest BCUT2D eigenvalue weighted by Crippen LogP contribution is -2.48. The van der Waals surface area contributed by atoms with Crippen molar-refractivity contribution >= 4 is 34.6 Å². The molecule has 1 fully saturated rings. The van der Waals surface area contributed by atoms with E-state index < -0.39 is 36.6 Å². The van der Waals surface area contributed by atoms with Crippen LogP contribution in [0.15, 0.2) is 6.33 Å². The van der Waals surface area contributed by atoms with Crippen molar-refractivity contribution in [1.29, 1.82) is 0 Å². The summed E-state index contributed by atoms with van der Waals surface area (Å²) in [6, 6.07) is 0. The number of carbonyl (C=O) groups is 1. The molecular weight excluding hydrogens is 370 g/mol. The van der Waals surface area contributed by atoms with E-state index in [2.05, 4.69) is 20.9 Å². The fraction of sp³-hybridized carbons (Fsp3) is 0.429. The molecule has 1 aliphatic heterocycles. The van der Waals surface area contributed by atoms with Crippen molar-refractivity contribution < 1.29 is 29.6 Å². The van der Waals surface area contributed by atoms with E-state index in [9.17, 15) is 15.0 Å². The second kappa shape index (κ2) is 6.67. The van der Waals surface area contributed by atoms with Crippen molar-refractivity contribution in [2.24, 2.45) is 0 Å². The Morgan fingerprint density at radius 2 is 2.31 bits per heavy atom. The zero-order valence-electron chi connectivity index (χ0n) is 13.1. The summed E-state index contributed by atoms with van der Waals surface area (Å²) in [4.78, 5) is 22.4. The Balaban J connectivity index is 1.94. The number of aliphatic hydroxyl groups excluding tert-OH is 1. The molecule has 0 spiro atoms. The Labute approximate surface area is 151 Å². The molecule has 2 aromatic rings. The third kappa shape index (κ3) is 2.94. The minimum atomic E-state index is -2.12. The number of aliphatic carboxylic acids is 1. The second-order valence-corrected chi connectivity index (χ2v) is 5.88. The minimum absolute atomic E-state index is 0.0276. The van der Waals surface area contributed by atoms with E-state index in [0.29, 0.717) is 0 Å². The Hall–Kier alpha value is -2.49. The number of carboxylic acid groups (broad SMARTS) is 1. The van der Waals surface area contributed by atoms with E-state index in [1.165, 1.54) is 10.9 Å². The number of nitrogens with two attached hydrogens (primary N) is 1. The number of carboxylic acids is 1. The van der Waals surface area contributed by atoms with Gasteiger partial charge in [0.2, 0.25) is 5.28 Å². The predicted octanol–water partition coefficient (Wildman–Crippen LogP) is -1.21. The van der Waals surface area contributed by atoms with Gasteiger partial charge < -0.3 is 30.5 Å². The fourth-order valence-corrected chi connectivity index (χ4v) is 2.84. The van der Waals surface area contributed by atoms with Crippen LogP contribution in [0, 0.1) is 12.3 Å². The van der Waals surface area contributed by atoms with Crippen LogP contribution in [-0.2, 0) is 14.3 Å². The summed E-state index contributed by atoms with van der Waals surface area (Å²) in [5.74, 6) is 0.902. The van der Waals surface area contributed by atoms with Gasteiger partial charge in [0.1, 0.15) is 24.3 Å². The highest BCUT2D eigenvalue weighted by molar-refractivity contribution is 6.28. The molecule has 0 radical (unpaired) electrons. The van der Waals surface area contributed by atoms with Gasteiger partial charge in [-0.15, -0.1) is 6.42 Å². The van der Waals surface area contributed by atoms with E-state index in [1.54, 1.807) is 0 Å². The molecule has 11 nitrogen and oxygen atoms in total. The topological polar surface area (TPSA) is 166 Å². The molecular formula is C14H14ClN5O6. The molecule has 0 unspecified atom stereocenters. The van der Waals surface area contributed by atoms with Crippen LogP contribution in [0.25, 0.3) is 11.2 Å². The lowest BCUT2D eigenvalue weighted by atomic mass is 9.93. The van der Waals surface area contributed by atoms with Gasteiger partial charge in [0.05, 0.1) is 12.9 Å². The molecule has 3 heterocycles. The molecule has 0 amide bonds. The van der Waals surface area contributed by atoms with Gasteiger partial charge in [-0.25, -0.2) is 9.78 Å². The zero-order valence-corrected chi connectivity index (χ0v) is 13.9. The van der Waals surface area contributed by atoms with E-state index in [-0.39, 0.29) is 28.9 Å². The highest BCUT2D eigenvalue weighted by atomic mass is 35.5. The number of hydrogen-bond donors (Lipinski definition) is 4. The molecule has 0 aromatic carbocycles. The lowest BCUT2D eigenvalue weighted by molar-refractivity contribution is -0.145. The van der Waals surface area contributed by atoms with E-state index in [0.717, 1.165) is 0 Å². The standard InChI is InChI=1S/C14H14ClN5O6/c1-2-14(24)6(3-25-4-7(21)22)26-12(9(14)23)20-5-17-8-10(16)18-13(15)19-11(8)20/h1,5-6,9,12,23-24H,3-4H2,(H,21,22)(H2,16,18,19)/t6-,9+,12-,14-/m1/s1. The predicted molar refractivity (Wildman–Crippen MR) is 86.9 cm³/mol. The first-order valence-electron chi connectivity index (χ1n) is 7.26. The largest absolute Gasteiger partial charge is 0.480 e. The van der Waals surface area contributed by atoms with Crippen molar-refractivity contribution in [3.63, 3.8) is 0 Å². The summed E-state index contributed by atoms with van der Waals surface area (Å²) in [5, 5.41) is 29.6. The Kier molecular flexibility index (Phi) is 4.70. The van der Waals surface area contributed by atoms with Gasteiger partial charge in [0.15, 0.2) is 23.3 Å². The number of halogens is 1. The number of aromatic nitrogens is 4. The maximum atomic E-state index is 10.6.